The van der Waals surface area contributed by atoms with Crippen LogP contribution < -0.4 is 5.32 Å². The molecule has 0 aromatic rings. The predicted octanol–water partition coefficient (Wildman–Crippen LogP) is 2.39. The van der Waals surface area contributed by atoms with Crippen LogP contribution in [-0.4, -0.2) is 37.1 Å². The fourth-order valence-corrected chi connectivity index (χ4v) is 2.53. The van der Waals surface area contributed by atoms with E-state index in [-0.39, 0.29) is 5.41 Å². The molecule has 18 heavy (non-hydrogen) atoms. The quantitative estimate of drug-likeness (QED) is 0.785. The van der Waals surface area contributed by atoms with Crippen molar-refractivity contribution in [2.75, 3.05) is 26.2 Å². The van der Waals surface area contributed by atoms with Gasteiger partial charge in [-0.1, -0.05) is 0 Å². The molecule has 0 atom stereocenters. The lowest BCUT2D eigenvalue weighted by Gasteiger charge is -2.33. The molecular weight excluding hydrogens is 222 g/mol. The predicted molar refractivity (Wildman–Crippen MR) is 74.2 cm³/mol. The molecular formula is C15H27N3. The monoisotopic (exact) mass is 249 g/mol. The summed E-state index contributed by atoms with van der Waals surface area (Å²) >= 11 is 0. The van der Waals surface area contributed by atoms with Gasteiger partial charge in [-0.05, 0) is 78.0 Å². The van der Waals surface area contributed by atoms with Gasteiger partial charge in [-0.15, -0.1) is 0 Å². The molecule has 3 heteroatoms. The van der Waals surface area contributed by atoms with Gasteiger partial charge in [0.05, 0.1) is 11.5 Å². The minimum atomic E-state index is -0.162. The van der Waals surface area contributed by atoms with E-state index < -0.39 is 0 Å². The van der Waals surface area contributed by atoms with Crippen molar-refractivity contribution in [1.82, 2.24) is 10.2 Å². The van der Waals surface area contributed by atoms with E-state index in [2.05, 4.69) is 16.3 Å². The van der Waals surface area contributed by atoms with Crippen molar-refractivity contribution in [1.29, 1.82) is 5.26 Å². The van der Waals surface area contributed by atoms with Crippen LogP contribution in [-0.2, 0) is 0 Å². The highest BCUT2D eigenvalue weighted by Crippen LogP contribution is 2.23. The Hall–Kier alpha value is -0.590. The van der Waals surface area contributed by atoms with Crippen LogP contribution in [0.3, 0.4) is 0 Å². The van der Waals surface area contributed by atoms with Crippen LogP contribution >= 0.6 is 0 Å². The van der Waals surface area contributed by atoms with Gasteiger partial charge in [0.2, 0.25) is 0 Å². The Labute approximate surface area is 112 Å². The van der Waals surface area contributed by atoms with Crippen LogP contribution in [0.15, 0.2) is 0 Å². The lowest BCUT2D eigenvalue weighted by atomic mass is 9.90. The third-order valence-electron chi connectivity index (χ3n) is 4.34. The Balaban J connectivity index is 1.59. The average molecular weight is 249 g/mol. The van der Waals surface area contributed by atoms with Crippen LogP contribution in [0.25, 0.3) is 0 Å². The SMILES string of the molecule is CC(C)(C#N)CCN1CCC(CNC2CC2)CC1. The fraction of sp³-hybridized carbons (Fsp3) is 0.933. The van der Waals surface area contributed by atoms with Crippen molar-refractivity contribution >= 4 is 0 Å². The average Bonchev–Trinajstić information content (AvgIpc) is 3.19. The number of nitriles is 1. The first kappa shape index (κ1) is 13.8. The largest absolute Gasteiger partial charge is 0.314 e. The van der Waals surface area contributed by atoms with Gasteiger partial charge >= 0.3 is 0 Å². The maximum absolute atomic E-state index is 9.02. The van der Waals surface area contributed by atoms with Gasteiger partial charge in [-0.3, -0.25) is 0 Å². The number of rotatable bonds is 6. The van der Waals surface area contributed by atoms with Crippen molar-refractivity contribution in [3.8, 4) is 6.07 Å². The highest BCUT2D eigenvalue weighted by Gasteiger charge is 2.25. The van der Waals surface area contributed by atoms with Gasteiger partial charge in [0.1, 0.15) is 0 Å². The van der Waals surface area contributed by atoms with E-state index in [0.29, 0.717) is 0 Å². The van der Waals surface area contributed by atoms with Crippen LogP contribution in [0, 0.1) is 22.7 Å². The normalized spacial score (nSPS) is 22.9. The zero-order chi connectivity index (χ0) is 13.0. The molecule has 0 spiro atoms. The number of nitrogens with zero attached hydrogens (tertiary/aromatic N) is 2. The maximum atomic E-state index is 9.02. The Kier molecular flexibility index (Phi) is 4.64. The van der Waals surface area contributed by atoms with E-state index in [1.165, 1.54) is 45.3 Å². The third kappa shape index (κ3) is 4.59. The minimum absolute atomic E-state index is 0.162. The van der Waals surface area contributed by atoms with Crippen molar-refractivity contribution in [3.63, 3.8) is 0 Å². The molecule has 0 unspecified atom stereocenters. The molecule has 3 nitrogen and oxygen atoms in total. The van der Waals surface area contributed by atoms with Crippen molar-refractivity contribution in [2.45, 2.75) is 52.0 Å². The molecule has 0 radical (unpaired) electrons. The summed E-state index contributed by atoms with van der Waals surface area (Å²) in [5, 5.41) is 12.7. The third-order valence-corrected chi connectivity index (χ3v) is 4.34. The van der Waals surface area contributed by atoms with Crippen molar-refractivity contribution in [3.05, 3.63) is 0 Å². The second-order valence-electron chi connectivity index (χ2n) is 6.71. The Morgan fingerprint density at radius 1 is 1.22 bits per heavy atom. The molecule has 102 valence electrons. The summed E-state index contributed by atoms with van der Waals surface area (Å²) < 4.78 is 0. The summed E-state index contributed by atoms with van der Waals surface area (Å²) in [6.07, 6.45) is 6.43. The van der Waals surface area contributed by atoms with Crippen molar-refractivity contribution < 1.29 is 0 Å². The van der Waals surface area contributed by atoms with E-state index in [0.717, 1.165) is 24.9 Å². The summed E-state index contributed by atoms with van der Waals surface area (Å²) in [6.45, 7) is 8.83. The molecule has 1 saturated heterocycles. The smallest absolute Gasteiger partial charge is 0.0684 e. The van der Waals surface area contributed by atoms with E-state index >= 15 is 0 Å². The molecule has 2 rings (SSSR count). The lowest BCUT2D eigenvalue weighted by Crippen LogP contribution is -2.39. The van der Waals surface area contributed by atoms with Gasteiger partial charge in [-0.2, -0.15) is 5.26 Å². The number of likely N-dealkylation sites (tertiary alicyclic amines) is 1. The molecule has 1 aliphatic carbocycles. The molecule has 0 aromatic heterocycles. The Bertz CT molecular complexity index is 293. The number of hydrogen-bond acceptors (Lipinski definition) is 3. The van der Waals surface area contributed by atoms with Gasteiger partial charge in [0, 0.05) is 6.04 Å². The molecule has 1 heterocycles. The van der Waals surface area contributed by atoms with Crippen LogP contribution in [0.2, 0.25) is 0 Å². The highest BCUT2D eigenvalue weighted by atomic mass is 15.1. The molecule has 0 amide bonds. The fourth-order valence-electron chi connectivity index (χ4n) is 2.53. The Morgan fingerprint density at radius 3 is 2.44 bits per heavy atom. The highest BCUT2D eigenvalue weighted by molar-refractivity contribution is 4.92. The van der Waals surface area contributed by atoms with Gasteiger partial charge < -0.3 is 10.2 Å². The molecule has 0 bridgehead atoms. The minimum Gasteiger partial charge on any atom is -0.314 e. The summed E-state index contributed by atoms with van der Waals surface area (Å²) in [5.41, 5.74) is -0.162. The topological polar surface area (TPSA) is 39.1 Å². The first-order chi connectivity index (χ1) is 8.59. The number of nitrogens with one attached hydrogen (secondary N) is 1. The summed E-state index contributed by atoms with van der Waals surface area (Å²) in [6, 6.07) is 3.24. The van der Waals surface area contributed by atoms with E-state index in [1.54, 1.807) is 0 Å². The first-order valence-corrected chi connectivity index (χ1v) is 7.46. The second kappa shape index (κ2) is 6.04. The van der Waals surface area contributed by atoms with Crippen LogP contribution in [0.1, 0.15) is 46.0 Å². The second-order valence-corrected chi connectivity index (χ2v) is 6.71. The van der Waals surface area contributed by atoms with Gasteiger partial charge in [0.25, 0.3) is 0 Å². The number of piperidine rings is 1. The molecule has 2 fully saturated rings. The van der Waals surface area contributed by atoms with E-state index in [9.17, 15) is 0 Å². The molecule has 1 N–H and O–H groups in total. The lowest BCUT2D eigenvalue weighted by molar-refractivity contribution is 0.168. The molecule has 1 saturated carbocycles. The first-order valence-electron chi connectivity index (χ1n) is 7.46. The van der Waals surface area contributed by atoms with Crippen LogP contribution in [0.5, 0.6) is 0 Å². The van der Waals surface area contributed by atoms with E-state index in [4.69, 9.17) is 5.26 Å². The van der Waals surface area contributed by atoms with Crippen LogP contribution in [0.4, 0.5) is 0 Å². The van der Waals surface area contributed by atoms with Gasteiger partial charge in [0.15, 0.2) is 0 Å². The molecule has 0 aromatic carbocycles. The van der Waals surface area contributed by atoms with E-state index in [1.807, 2.05) is 13.8 Å². The zero-order valence-corrected chi connectivity index (χ0v) is 11.9. The number of hydrogen-bond donors (Lipinski definition) is 1. The summed E-state index contributed by atoms with van der Waals surface area (Å²) in [7, 11) is 0. The van der Waals surface area contributed by atoms with Crippen molar-refractivity contribution in [2.24, 2.45) is 11.3 Å². The summed E-state index contributed by atoms with van der Waals surface area (Å²) in [4.78, 5) is 2.53. The summed E-state index contributed by atoms with van der Waals surface area (Å²) in [5.74, 6) is 0.880. The zero-order valence-electron chi connectivity index (χ0n) is 11.9. The maximum Gasteiger partial charge on any atom is 0.0684 e. The molecule has 2 aliphatic rings. The standard InChI is InChI=1S/C15H27N3/c1-15(2,12-16)7-10-18-8-5-13(6-9-18)11-17-14-3-4-14/h13-14,17H,3-11H2,1-2H3. The van der Waals surface area contributed by atoms with Gasteiger partial charge in [-0.25, -0.2) is 0 Å². The Morgan fingerprint density at radius 2 is 1.89 bits per heavy atom. The molecule has 1 aliphatic heterocycles.